The summed E-state index contributed by atoms with van der Waals surface area (Å²) in [7, 11) is 0. The van der Waals surface area contributed by atoms with Gasteiger partial charge in [-0.2, -0.15) is 0 Å². The Kier molecular flexibility index (Phi) is 4.60. The molecule has 1 aromatic carbocycles. The number of benzene rings is 1. The van der Waals surface area contributed by atoms with Crippen molar-refractivity contribution >= 4 is 11.8 Å². The fourth-order valence-electron chi connectivity index (χ4n) is 2.50. The molecule has 0 unspecified atom stereocenters. The minimum atomic E-state index is -0.111. The van der Waals surface area contributed by atoms with E-state index in [9.17, 15) is 4.79 Å². The highest BCUT2D eigenvalue weighted by atomic mass is 16.2. The highest BCUT2D eigenvalue weighted by Crippen LogP contribution is 2.09. The summed E-state index contributed by atoms with van der Waals surface area (Å²) in [5, 5.41) is 2.77. The lowest BCUT2D eigenvalue weighted by atomic mass is 10.2. The summed E-state index contributed by atoms with van der Waals surface area (Å²) in [5.41, 5.74) is 1.31. The van der Waals surface area contributed by atoms with Gasteiger partial charge in [0.05, 0.1) is 6.20 Å². The molecule has 0 atom stereocenters. The van der Waals surface area contributed by atoms with E-state index < -0.39 is 0 Å². The molecule has 2 amide bonds. The molecule has 6 nitrogen and oxygen atoms in total. The van der Waals surface area contributed by atoms with Crippen LogP contribution in [0, 0.1) is 0 Å². The standard InChI is InChI=1S/C16H19N5O/c22-16(19-15-12-17-6-7-18-15)21-10-8-20(9-11-21)13-14-4-2-1-3-5-14/h1-7,12H,8-11,13H2,(H,18,19,22). The molecule has 1 fully saturated rings. The number of carbonyl (C=O) groups is 1. The number of amides is 2. The zero-order chi connectivity index (χ0) is 15.2. The Labute approximate surface area is 129 Å². The number of urea groups is 1. The molecule has 2 heterocycles. The number of aromatic nitrogens is 2. The van der Waals surface area contributed by atoms with Gasteiger partial charge in [-0.3, -0.25) is 15.2 Å². The van der Waals surface area contributed by atoms with Crippen molar-refractivity contribution in [1.82, 2.24) is 19.8 Å². The molecule has 22 heavy (non-hydrogen) atoms. The number of nitrogens with one attached hydrogen (secondary N) is 1. The van der Waals surface area contributed by atoms with Gasteiger partial charge >= 0.3 is 6.03 Å². The average molecular weight is 297 g/mol. The predicted molar refractivity (Wildman–Crippen MR) is 84.3 cm³/mol. The third-order valence-electron chi connectivity index (χ3n) is 3.71. The van der Waals surface area contributed by atoms with Crippen LogP contribution in [-0.2, 0) is 6.54 Å². The Balaban J connectivity index is 1.48. The number of piperazine rings is 1. The first-order chi connectivity index (χ1) is 10.8. The van der Waals surface area contributed by atoms with Crippen LogP contribution in [0.25, 0.3) is 0 Å². The minimum absolute atomic E-state index is 0.111. The molecular weight excluding hydrogens is 278 g/mol. The van der Waals surface area contributed by atoms with E-state index in [2.05, 4.69) is 44.5 Å². The van der Waals surface area contributed by atoms with Crippen LogP contribution < -0.4 is 5.32 Å². The van der Waals surface area contributed by atoms with Crippen LogP contribution >= 0.6 is 0 Å². The zero-order valence-corrected chi connectivity index (χ0v) is 12.4. The van der Waals surface area contributed by atoms with E-state index in [-0.39, 0.29) is 6.03 Å². The maximum absolute atomic E-state index is 12.2. The van der Waals surface area contributed by atoms with E-state index in [1.807, 2.05) is 11.0 Å². The van der Waals surface area contributed by atoms with Crippen molar-refractivity contribution in [3.05, 3.63) is 54.5 Å². The SMILES string of the molecule is O=C(Nc1cnccn1)N1CCN(Cc2ccccc2)CC1. The van der Waals surface area contributed by atoms with Gasteiger partial charge in [-0.05, 0) is 5.56 Å². The molecule has 1 aliphatic heterocycles. The second kappa shape index (κ2) is 7.00. The molecule has 0 spiro atoms. The summed E-state index contributed by atoms with van der Waals surface area (Å²) < 4.78 is 0. The molecule has 114 valence electrons. The molecule has 1 saturated heterocycles. The van der Waals surface area contributed by atoms with Crippen LogP contribution in [0.5, 0.6) is 0 Å². The van der Waals surface area contributed by atoms with Crippen LogP contribution in [0.2, 0.25) is 0 Å². The zero-order valence-electron chi connectivity index (χ0n) is 12.4. The van der Waals surface area contributed by atoms with Crippen LogP contribution in [0.4, 0.5) is 10.6 Å². The third-order valence-corrected chi connectivity index (χ3v) is 3.71. The Morgan fingerprint density at radius 2 is 1.86 bits per heavy atom. The molecule has 1 aliphatic rings. The maximum Gasteiger partial charge on any atom is 0.323 e. The molecule has 0 saturated carbocycles. The summed E-state index contributed by atoms with van der Waals surface area (Å²) in [6.45, 7) is 4.13. The van der Waals surface area contributed by atoms with Crippen LogP contribution in [-0.4, -0.2) is 52.0 Å². The number of carbonyl (C=O) groups excluding carboxylic acids is 1. The monoisotopic (exact) mass is 297 g/mol. The first-order valence-electron chi connectivity index (χ1n) is 7.39. The third kappa shape index (κ3) is 3.79. The van der Waals surface area contributed by atoms with Gasteiger partial charge in [0.1, 0.15) is 0 Å². The summed E-state index contributed by atoms with van der Waals surface area (Å²) in [5.74, 6) is 0.485. The Morgan fingerprint density at radius 3 is 2.55 bits per heavy atom. The summed E-state index contributed by atoms with van der Waals surface area (Å²) in [6, 6.07) is 10.3. The lowest BCUT2D eigenvalue weighted by Gasteiger charge is -2.34. The van der Waals surface area contributed by atoms with Gasteiger partial charge in [0.15, 0.2) is 5.82 Å². The summed E-state index contributed by atoms with van der Waals surface area (Å²) >= 11 is 0. The molecule has 0 radical (unpaired) electrons. The summed E-state index contributed by atoms with van der Waals surface area (Å²) in [4.78, 5) is 24.3. The van der Waals surface area contributed by atoms with E-state index in [0.29, 0.717) is 5.82 Å². The number of hydrogen-bond donors (Lipinski definition) is 1. The number of hydrogen-bond acceptors (Lipinski definition) is 4. The quantitative estimate of drug-likeness (QED) is 0.939. The van der Waals surface area contributed by atoms with Gasteiger partial charge in [0, 0.05) is 45.1 Å². The lowest BCUT2D eigenvalue weighted by molar-refractivity contribution is 0.143. The second-order valence-electron chi connectivity index (χ2n) is 5.27. The molecule has 2 aromatic rings. The first kappa shape index (κ1) is 14.5. The van der Waals surface area contributed by atoms with Gasteiger partial charge in [-0.15, -0.1) is 0 Å². The van der Waals surface area contributed by atoms with Crippen LogP contribution in [0.15, 0.2) is 48.9 Å². The van der Waals surface area contributed by atoms with Crippen molar-refractivity contribution in [2.24, 2.45) is 0 Å². The van der Waals surface area contributed by atoms with Crippen LogP contribution in [0.3, 0.4) is 0 Å². The average Bonchev–Trinajstić information content (AvgIpc) is 2.57. The highest BCUT2D eigenvalue weighted by molar-refractivity contribution is 5.88. The summed E-state index contributed by atoms with van der Waals surface area (Å²) in [6.07, 6.45) is 4.69. The lowest BCUT2D eigenvalue weighted by Crippen LogP contribution is -2.49. The van der Waals surface area contributed by atoms with E-state index >= 15 is 0 Å². The van der Waals surface area contributed by atoms with Gasteiger partial charge in [0.2, 0.25) is 0 Å². The van der Waals surface area contributed by atoms with Crippen molar-refractivity contribution in [1.29, 1.82) is 0 Å². The fourth-order valence-corrected chi connectivity index (χ4v) is 2.50. The van der Waals surface area contributed by atoms with Gasteiger partial charge in [-0.25, -0.2) is 9.78 Å². The molecule has 1 aromatic heterocycles. The van der Waals surface area contributed by atoms with Crippen molar-refractivity contribution in [3.63, 3.8) is 0 Å². The topological polar surface area (TPSA) is 61.4 Å². The first-order valence-corrected chi connectivity index (χ1v) is 7.39. The number of anilines is 1. The molecule has 0 aliphatic carbocycles. The Bertz CT molecular complexity index is 596. The fraction of sp³-hybridized carbons (Fsp3) is 0.312. The maximum atomic E-state index is 12.2. The van der Waals surface area contributed by atoms with Crippen molar-refractivity contribution in [2.45, 2.75) is 6.54 Å². The van der Waals surface area contributed by atoms with Gasteiger partial charge in [-0.1, -0.05) is 30.3 Å². The Morgan fingerprint density at radius 1 is 1.09 bits per heavy atom. The number of nitrogens with zero attached hydrogens (tertiary/aromatic N) is 4. The van der Waals surface area contributed by atoms with Crippen molar-refractivity contribution in [3.8, 4) is 0 Å². The molecular formula is C16H19N5O. The molecule has 0 bridgehead atoms. The van der Waals surface area contributed by atoms with Gasteiger partial charge in [0.25, 0.3) is 0 Å². The molecule has 3 rings (SSSR count). The van der Waals surface area contributed by atoms with E-state index in [0.717, 1.165) is 32.7 Å². The van der Waals surface area contributed by atoms with E-state index in [1.165, 1.54) is 5.56 Å². The van der Waals surface area contributed by atoms with Gasteiger partial charge < -0.3 is 4.90 Å². The van der Waals surface area contributed by atoms with E-state index in [1.54, 1.807) is 18.6 Å². The number of rotatable bonds is 3. The molecule has 6 heteroatoms. The highest BCUT2D eigenvalue weighted by Gasteiger charge is 2.21. The smallest absolute Gasteiger partial charge is 0.322 e. The van der Waals surface area contributed by atoms with Crippen molar-refractivity contribution < 1.29 is 4.79 Å². The van der Waals surface area contributed by atoms with Crippen LogP contribution in [0.1, 0.15) is 5.56 Å². The molecule has 1 N–H and O–H groups in total. The normalized spacial score (nSPS) is 15.5. The van der Waals surface area contributed by atoms with Crippen molar-refractivity contribution in [2.75, 3.05) is 31.5 Å². The minimum Gasteiger partial charge on any atom is -0.322 e. The Hall–Kier alpha value is -2.47. The predicted octanol–water partition coefficient (Wildman–Crippen LogP) is 1.83. The van der Waals surface area contributed by atoms with E-state index in [4.69, 9.17) is 0 Å². The second-order valence-corrected chi connectivity index (χ2v) is 5.27. The largest absolute Gasteiger partial charge is 0.323 e.